The van der Waals surface area contributed by atoms with Crippen molar-refractivity contribution < 1.29 is 9.53 Å². The van der Waals surface area contributed by atoms with E-state index in [4.69, 9.17) is 15.9 Å². The first-order valence-corrected chi connectivity index (χ1v) is 10.5. The van der Waals surface area contributed by atoms with Crippen LogP contribution in [0.5, 0.6) is 5.75 Å². The van der Waals surface area contributed by atoms with Crippen LogP contribution in [0.4, 0.5) is 5.69 Å². The summed E-state index contributed by atoms with van der Waals surface area (Å²) in [5.74, 6) is 0.180. The molecule has 0 fully saturated rings. The molecule has 0 unspecified atom stereocenters. The molecule has 0 amide bonds. The number of nitrogens with two attached hydrogens (primary N) is 1. The minimum Gasteiger partial charge on any atom is -0.427 e. The number of rotatable bonds is 8. The van der Waals surface area contributed by atoms with E-state index < -0.39 is 17.7 Å². The molecule has 0 radical (unpaired) electrons. The predicted molar refractivity (Wildman–Crippen MR) is 131 cm³/mol. The van der Waals surface area contributed by atoms with Crippen LogP contribution >= 0.6 is 0 Å². The number of hydrogen-bond donors (Lipinski definition) is 4. The van der Waals surface area contributed by atoms with Crippen LogP contribution in [0.3, 0.4) is 0 Å². The van der Waals surface area contributed by atoms with Gasteiger partial charge in [0, 0.05) is 30.6 Å². The Morgan fingerprint density at radius 3 is 2.57 bits per heavy atom. The van der Waals surface area contributed by atoms with E-state index in [-0.39, 0.29) is 17.6 Å². The number of nitrogens with zero attached hydrogens (tertiary/aromatic N) is 4. The normalized spacial score (nSPS) is 11.5. The Morgan fingerprint density at radius 1 is 1.23 bits per heavy atom. The number of benzene rings is 2. The summed E-state index contributed by atoms with van der Waals surface area (Å²) in [6, 6.07) is 13.0. The van der Waals surface area contributed by atoms with Crippen molar-refractivity contribution in [3.8, 4) is 11.7 Å². The average Bonchev–Trinajstić information content (AvgIpc) is 3.23. The SMILES string of the molecule is C=Cc1cc(OC(C)=O)cc([C@H](Nc2ccc(C(=N)N)cc2)c2nn(-c3ncccn3)c(=O)[nH]2)c1. The second-order valence-electron chi connectivity index (χ2n) is 7.48. The van der Waals surface area contributed by atoms with Gasteiger partial charge in [-0.15, -0.1) is 9.78 Å². The van der Waals surface area contributed by atoms with Crippen LogP contribution in [0.1, 0.15) is 35.5 Å². The lowest BCUT2D eigenvalue weighted by molar-refractivity contribution is -0.131. The van der Waals surface area contributed by atoms with Crippen molar-refractivity contribution in [1.82, 2.24) is 24.7 Å². The highest BCUT2D eigenvalue weighted by molar-refractivity contribution is 5.95. The Labute approximate surface area is 199 Å². The van der Waals surface area contributed by atoms with E-state index in [1.807, 2.05) is 6.07 Å². The number of esters is 1. The van der Waals surface area contributed by atoms with Crippen molar-refractivity contribution in [3.05, 3.63) is 101 Å². The number of carbonyl (C=O) groups is 1. The van der Waals surface area contributed by atoms with Gasteiger partial charge in [0.15, 0.2) is 5.82 Å². The van der Waals surface area contributed by atoms with Crippen molar-refractivity contribution in [3.63, 3.8) is 0 Å². The highest BCUT2D eigenvalue weighted by Crippen LogP contribution is 2.29. The molecule has 0 bridgehead atoms. The molecule has 11 heteroatoms. The fourth-order valence-corrected chi connectivity index (χ4v) is 3.38. The molecule has 0 spiro atoms. The van der Waals surface area contributed by atoms with Gasteiger partial charge in [-0.3, -0.25) is 15.2 Å². The Kier molecular flexibility index (Phi) is 6.49. The molecule has 5 N–H and O–H groups in total. The Balaban J connectivity index is 1.82. The van der Waals surface area contributed by atoms with Crippen LogP contribution in [-0.2, 0) is 4.79 Å². The molecule has 176 valence electrons. The smallest absolute Gasteiger partial charge is 0.350 e. The molecule has 35 heavy (non-hydrogen) atoms. The minimum atomic E-state index is -0.676. The number of nitrogen functional groups attached to an aromatic ring is 1. The quantitative estimate of drug-likeness (QED) is 0.132. The minimum absolute atomic E-state index is 0.0521. The van der Waals surface area contributed by atoms with Gasteiger partial charge in [0.1, 0.15) is 17.6 Å². The van der Waals surface area contributed by atoms with Crippen LogP contribution < -0.4 is 21.5 Å². The van der Waals surface area contributed by atoms with Gasteiger partial charge in [-0.2, -0.15) is 0 Å². The molecule has 0 aliphatic carbocycles. The molecule has 0 saturated carbocycles. The number of ether oxygens (including phenoxy) is 1. The second-order valence-corrected chi connectivity index (χ2v) is 7.48. The maximum Gasteiger partial charge on any atom is 0.350 e. The lowest BCUT2D eigenvalue weighted by Crippen LogP contribution is -2.18. The van der Waals surface area contributed by atoms with Gasteiger partial charge in [-0.25, -0.2) is 14.8 Å². The number of anilines is 1. The number of nitrogens with one attached hydrogen (secondary N) is 3. The van der Waals surface area contributed by atoms with E-state index in [0.29, 0.717) is 28.1 Å². The van der Waals surface area contributed by atoms with Crippen molar-refractivity contribution in [2.75, 3.05) is 5.32 Å². The van der Waals surface area contributed by atoms with Crippen LogP contribution in [0.2, 0.25) is 0 Å². The monoisotopic (exact) mass is 470 g/mol. The summed E-state index contributed by atoms with van der Waals surface area (Å²) in [5.41, 5.74) is 7.61. The predicted octanol–water partition coefficient (Wildman–Crippen LogP) is 2.40. The third-order valence-electron chi connectivity index (χ3n) is 4.94. The van der Waals surface area contributed by atoms with Gasteiger partial charge >= 0.3 is 11.7 Å². The third-order valence-corrected chi connectivity index (χ3v) is 4.94. The molecule has 4 rings (SSSR count). The van der Waals surface area contributed by atoms with Gasteiger partial charge in [-0.1, -0.05) is 12.7 Å². The van der Waals surface area contributed by atoms with Crippen LogP contribution in [0, 0.1) is 5.41 Å². The fourth-order valence-electron chi connectivity index (χ4n) is 3.38. The first kappa shape index (κ1) is 23.1. The fraction of sp³-hybridized carbons (Fsp3) is 0.0833. The first-order chi connectivity index (χ1) is 16.8. The highest BCUT2D eigenvalue weighted by Gasteiger charge is 2.22. The zero-order valence-electron chi connectivity index (χ0n) is 18.7. The van der Waals surface area contributed by atoms with E-state index in [0.717, 1.165) is 4.68 Å². The van der Waals surface area contributed by atoms with Gasteiger partial charge in [-0.05, 0) is 59.7 Å². The first-order valence-electron chi connectivity index (χ1n) is 10.5. The summed E-state index contributed by atoms with van der Waals surface area (Å²) in [5, 5.41) is 15.3. The zero-order chi connectivity index (χ0) is 24.9. The largest absolute Gasteiger partial charge is 0.427 e. The molecule has 2 heterocycles. The van der Waals surface area contributed by atoms with E-state index in [1.54, 1.807) is 48.5 Å². The number of carbonyl (C=O) groups excluding carboxylic acids is 1. The summed E-state index contributed by atoms with van der Waals surface area (Å²) in [6.07, 6.45) is 4.64. The maximum absolute atomic E-state index is 12.7. The van der Waals surface area contributed by atoms with E-state index in [9.17, 15) is 9.59 Å². The summed E-state index contributed by atoms with van der Waals surface area (Å²) in [6.45, 7) is 5.12. The topological polar surface area (TPSA) is 165 Å². The summed E-state index contributed by atoms with van der Waals surface area (Å²) in [4.78, 5) is 35.2. The molecule has 1 atom stereocenters. The van der Waals surface area contributed by atoms with Crippen LogP contribution in [-0.4, -0.2) is 36.5 Å². The van der Waals surface area contributed by atoms with Gasteiger partial charge in [0.05, 0.1) is 0 Å². The number of aromatic amines is 1. The second kappa shape index (κ2) is 9.83. The molecule has 2 aromatic heterocycles. The maximum atomic E-state index is 12.7. The molecular weight excluding hydrogens is 448 g/mol. The summed E-state index contributed by atoms with van der Waals surface area (Å²) in [7, 11) is 0. The van der Waals surface area contributed by atoms with Crippen LogP contribution in [0.15, 0.2) is 72.3 Å². The zero-order valence-corrected chi connectivity index (χ0v) is 18.7. The van der Waals surface area contributed by atoms with E-state index >= 15 is 0 Å². The standard InChI is InChI=1S/C24H22N8O3/c1-3-15-11-17(13-19(12-15)35-14(2)33)20(29-18-7-5-16(6-8-18)21(25)26)22-30-24(34)32(31-22)23-27-9-4-10-28-23/h3-13,20,29H,1H2,2H3,(H3,25,26)(H,30,31,34)/t20-/m0/s1. The van der Waals surface area contributed by atoms with Crippen LogP contribution in [0.25, 0.3) is 12.0 Å². The summed E-state index contributed by atoms with van der Waals surface area (Å²) >= 11 is 0. The lowest BCUT2D eigenvalue weighted by Gasteiger charge is -2.20. The van der Waals surface area contributed by atoms with E-state index in [2.05, 4.69) is 31.9 Å². The number of amidine groups is 1. The highest BCUT2D eigenvalue weighted by atomic mass is 16.5. The molecule has 0 aliphatic heterocycles. The molecular formula is C24H22N8O3. The Bertz CT molecular complexity index is 1440. The Morgan fingerprint density at radius 2 is 1.94 bits per heavy atom. The van der Waals surface area contributed by atoms with Gasteiger partial charge in [0.2, 0.25) is 0 Å². The van der Waals surface area contributed by atoms with Gasteiger partial charge in [0.25, 0.3) is 5.95 Å². The molecule has 0 saturated heterocycles. The molecule has 0 aliphatic rings. The van der Waals surface area contributed by atoms with Crippen molar-refractivity contribution in [1.29, 1.82) is 5.41 Å². The van der Waals surface area contributed by atoms with Gasteiger partial charge < -0.3 is 15.8 Å². The molecule has 4 aromatic rings. The average molecular weight is 470 g/mol. The van der Waals surface area contributed by atoms with Crippen molar-refractivity contribution in [2.45, 2.75) is 13.0 Å². The molecule has 2 aromatic carbocycles. The third kappa shape index (κ3) is 5.30. The van der Waals surface area contributed by atoms with Crippen molar-refractivity contribution in [2.24, 2.45) is 5.73 Å². The Hall–Kier alpha value is -5.06. The number of aromatic nitrogens is 5. The molecule has 11 nitrogen and oxygen atoms in total. The number of hydrogen-bond acceptors (Lipinski definition) is 8. The lowest BCUT2D eigenvalue weighted by atomic mass is 10.0. The number of H-pyrrole nitrogens is 1. The summed E-state index contributed by atoms with van der Waals surface area (Å²) < 4.78 is 6.37. The van der Waals surface area contributed by atoms with Crippen molar-refractivity contribution >= 4 is 23.6 Å². The van der Waals surface area contributed by atoms with E-state index in [1.165, 1.54) is 19.3 Å².